The van der Waals surface area contributed by atoms with Gasteiger partial charge in [0, 0.05) is 16.5 Å². The Morgan fingerprint density at radius 1 is 1.19 bits per heavy atom. The average Bonchev–Trinajstić information content (AvgIpc) is 2.34. The monoisotopic (exact) mass is 229 g/mol. The fraction of sp³-hybridized carbons (Fsp3) is 0.100. The molecule has 0 aromatic heterocycles. The predicted octanol–water partition coefficient (Wildman–Crippen LogP) is 2.52. The van der Waals surface area contributed by atoms with Crippen molar-refractivity contribution in [2.24, 2.45) is 0 Å². The van der Waals surface area contributed by atoms with Gasteiger partial charge in [0.2, 0.25) is 6.21 Å². The first-order valence-corrected chi connectivity index (χ1v) is 4.34. The molecule has 0 fully saturated rings. The molecule has 0 amide bonds. The number of nitrogens with zero attached hydrogens (tertiary/aromatic N) is 1. The van der Waals surface area contributed by atoms with Crippen LogP contribution >= 0.6 is 0 Å². The van der Waals surface area contributed by atoms with Crippen LogP contribution in [0.15, 0.2) is 30.3 Å². The van der Waals surface area contributed by atoms with E-state index in [4.69, 9.17) is 0 Å². The van der Waals surface area contributed by atoms with E-state index in [1.54, 1.807) is 0 Å². The molecule has 0 bridgehead atoms. The molecule has 2 rings (SSSR count). The van der Waals surface area contributed by atoms with Gasteiger partial charge >= 0.3 is 6.18 Å². The Balaban J connectivity index is 2.61. The van der Waals surface area contributed by atoms with E-state index >= 15 is 0 Å². The van der Waals surface area contributed by atoms with Crippen LogP contribution in [0.5, 0.6) is 5.75 Å². The number of hydrogen-bond acceptors (Lipinski definition) is 2. The Kier molecular flexibility index (Phi) is 2.34. The molecule has 84 valence electrons. The number of allylic oxidation sites excluding steroid dienone is 2. The van der Waals surface area contributed by atoms with Crippen LogP contribution in [0.4, 0.5) is 13.2 Å². The minimum Gasteiger partial charge on any atom is -0.367 e. The van der Waals surface area contributed by atoms with Crippen molar-refractivity contribution in [3.8, 4) is 5.75 Å². The molecule has 0 N–H and O–H groups in total. The first kappa shape index (κ1) is 10.5. The standard InChI is InChI=1S/C10H6F3NO2/c11-10(12,13)8-5-6-14(15)16-9-4-2-1-3-7(8)9/h1-6H. The van der Waals surface area contributed by atoms with Gasteiger partial charge in [-0.1, -0.05) is 18.2 Å². The Labute approximate surface area is 88.6 Å². The first-order chi connectivity index (χ1) is 7.48. The molecule has 0 saturated heterocycles. The molecule has 1 aliphatic heterocycles. The second kappa shape index (κ2) is 3.55. The first-order valence-electron chi connectivity index (χ1n) is 4.34. The number of hydrogen-bond donors (Lipinski definition) is 0. The zero-order valence-electron chi connectivity index (χ0n) is 7.86. The smallest absolute Gasteiger partial charge is 0.367 e. The number of fused-ring (bicyclic) bond motifs is 1. The zero-order chi connectivity index (χ0) is 11.8. The van der Waals surface area contributed by atoms with Crippen molar-refractivity contribution in [2.45, 2.75) is 6.18 Å². The van der Waals surface area contributed by atoms with E-state index in [1.165, 1.54) is 24.3 Å². The van der Waals surface area contributed by atoms with Crippen molar-refractivity contribution in [1.29, 1.82) is 0 Å². The van der Waals surface area contributed by atoms with Gasteiger partial charge < -0.3 is 4.84 Å². The summed E-state index contributed by atoms with van der Waals surface area (Å²) in [5.41, 5.74) is -1.05. The molecule has 16 heavy (non-hydrogen) atoms. The van der Waals surface area contributed by atoms with E-state index < -0.39 is 11.7 Å². The maximum Gasteiger partial charge on any atom is 0.417 e. The summed E-state index contributed by atoms with van der Waals surface area (Å²) in [6.45, 7) is 0. The molecule has 1 aliphatic rings. The molecule has 0 saturated carbocycles. The van der Waals surface area contributed by atoms with Crippen LogP contribution in [0.1, 0.15) is 5.56 Å². The molecule has 3 nitrogen and oxygen atoms in total. The molecule has 0 aliphatic carbocycles. The number of benzene rings is 1. The van der Waals surface area contributed by atoms with Crippen molar-refractivity contribution in [2.75, 3.05) is 0 Å². The fourth-order valence-corrected chi connectivity index (χ4v) is 1.37. The lowest BCUT2D eigenvalue weighted by Gasteiger charge is -2.13. The normalized spacial score (nSPS) is 15.4. The molecule has 1 aromatic carbocycles. The second-order valence-electron chi connectivity index (χ2n) is 3.10. The highest BCUT2D eigenvalue weighted by atomic mass is 19.4. The minimum absolute atomic E-state index is 0.0163. The summed E-state index contributed by atoms with van der Waals surface area (Å²) in [6.07, 6.45) is -3.15. The lowest BCUT2D eigenvalue weighted by molar-refractivity contribution is -0.689. The van der Waals surface area contributed by atoms with Gasteiger partial charge in [0.1, 0.15) is 0 Å². The van der Waals surface area contributed by atoms with Crippen molar-refractivity contribution in [3.05, 3.63) is 41.1 Å². The van der Waals surface area contributed by atoms with Crippen molar-refractivity contribution >= 4 is 11.8 Å². The van der Waals surface area contributed by atoms with E-state index in [0.29, 0.717) is 12.3 Å². The van der Waals surface area contributed by atoms with Gasteiger partial charge in [0.25, 0.3) is 0 Å². The zero-order valence-corrected chi connectivity index (χ0v) is 7.86. The SMILES string of the molecule is [O-][N+]1=CC=C(C(F)(F)F)c2ccccc2O1. The van der Waals surface area contributed by atoms with Gasteiger partial charge in [-0.25, -0.2) is 0 Å². The Morgan fingerprint density at radius 3 is 2.56 bits per heavy atom. The maximum atomic E-state index is 12.7. The highest BCUT2D eigenvalue weighted by Gasteiger charge is 2.36. The van der Waals surface area contributed by atoms with Gasteiger partial charge in [-0.05, 0) is 6.07 Å². The number of halogens is 3. The van der Waals surface area contributed by atoms with Crippen LogP contribution in [0, 0.1) is 5.21 Å². The predicted molar refractivity (Wildman–Crippen MR) is 50.8 cm³/mol. The van der Waals surface area contributed by atoms with Gasteiger partial charge in [0.15, 0.2) is 0 Å². The third-order valence-electron chi connectivity index (χ3n) is 2.03. The van der Waals surface area contributed by atoms with Crippen LogP contribution in [0.2, 0.25) is 0 Å². The van der Waals surface area contributed by atoms with Gasteiger partial charge in [-0.3, -0.25) is 5.21 Å². The van der Waals surface area contributed by atoms with Crippen molar-refractivity contribution < 1.29 is 22.9 Å². The molecule has 1 aromatic rings. The Hall–Kier alpha value is -1.98. The molecule has 0 atom stereocenters. The number of para-hydroxylation sites is 1. The summed E-state index contributed by atoms with van der Waals surface area (Å²) in [5, 5.41) is 10.9. The van der Waals surface area contributed by atoms with E-state index in [-0.39, 0.29) is 16.2 Å². The lowest BCUT2D eigenvalue weighted by atomic mass is 10.0. The van der Waals surface area contributed by atoms with E-state index in [0.717, 1.165) is 0 Å². The summed E-state index contributed by atoms with van der Waals surface area (Å²) >= 11 is 0. The highest BCUT2D eigenvalue weighted by molar-refractivity contribution is 5.86. The molecule has 6 heteroatoms. The third-order valence-corrected chi connectivity index (χ3v) is 2.03. The van der Waals surface area contributed by atoms with Crippen molar-refractivity contribution in [3.63, 3.8) is 0 Å². The van der Waals surface area contributed by atoms with E-state index in [1.807, 2.05) is 0 Å². The van der Waals surface area contributed by atoms with Gasteiger partial charge in [-0.15, -0.1) is 0 Å². The molecular weight excluding hydrogens is 223 g/mol. The van der Waals surface area contributed by atoms with Crippen molar-refractivity contribution in [1.82, 2.24) is 0 Å². The van der Waals surface area contributed by atoms with Crippen LogP contribution in [-0.4, -0.2) is 17.3 Å². The molecule has 0 spiro atoms. The molecule has 1 heterocycles. The minimum atomic E-state index is -4.53. The average molecular weight is 229 g/mol. The topological polar surface area (TPSA) is 35.3 Å². The molecule has 0 unspecified atom stereocenters. The number of alkyl halides is 3. The van der Waals surface area contributed by atoms with Crippen LogP contribution < -0.4 is 4.84 Å². The highest BCUT2D eigenvalue weighted by Crippen LogP contribution is 2.38. The maximum absolute atomic E-state index is 12.7. The summed E-state index contributed by atoms with van der Waals surface area (Å²) in [7, 11) is 0. The largest absolute Gasteiger partial charge is 0.417 e. The molecular formula is C10H6F3NO2. The Bertz CT molecular complexity index is 477. The summed E-state index contributed by atoms with van der Waals surface area (Å²) < 4.78 is 38.0. The summed E-state index contributed by atoms with van der Waals surface area (Å²) in [5.74, 6) is -0.116. The molecule has 0 radical (unpaired) electrons. The Morgan fingerprint density at radius 2 is 1.88 bits per heavy atom. The van der Waals surface area contributed by atoms with Crippen LogP contribution in [0.25, 0.3) is 5.57 Å². The number of rotatable bonds is 0. The van der Waals surface area contributed by atoms with E-state index in [2.05, 4.69) is 4.84 Å². The fourth-order valence-electron chi connectivity index (χ4n) is 1.37. The van der Waals surface area contributed by atoms with Crippen LogP contribution in [-0.2, 0) is 0 Å². The van der Waals surface area contributed by atoms with E-state index in [9.17, 15) is 18.4 Å². The van der Waals surface area contributed by atoms with Crippen LogP contribution in [0.3, 0.4) is 0 Å². The van der Waals surface area contributed by atoms with Gasteiger partial charge in [-0.2, -0.15) is 13.2 Å². The summed E-state index contributed by atoms with van der Waals surface area (Å²) in [6, 6.07) is 5.49. The second-order valence-corrected chi connectivity index (χ2v) is 3.10. The summed E-state index contributed by atoms with van der Waals surface area (Å²) in [4.78, 5) is 4.64. The third kappa shape index (κ3) is 1.86. The quantitative estimate of drug-likeness (QED) is 0.641. The lowest BCUT2D eigenvalue weighted by Crippen LogP contribution is -2.11. The van der Waals surface area contributed by atoms with Gasteiger partial charge in [0.05, 0.1) is 11.3 Å².